The number of nitrogens with one attached hydrogen (secondary N) is 1. The molecule has 1 fully saturated rings. The monoisotopic (exact) mass is 282 g/mol. The summed E-state index contributed by atoms with van der Waals surface area (Å²) in [4.78, 5) is 28.5. The molecule has 2 atom stereocenters. The van der Waals surface area contributed by atoms with E-state index in [9.17, 15) is 9.59 Å². The molecule has 3 rings (SSSR count). The molecule has 4 heteroatoms. The van der Waals surface area contributed by atoms with E-state index in [1.165, 1.54) is 0 Å². The topological polar surface area (TPSA) is 59.1 Å². The van der Waals surface area contributed by atoms with Gasteiger partial charge in [-0.1, -0.05) is 38.1 Å². The third kappa shape index (κ3) is 2.42. The summed E-state index contributed by atoms with van der Waals surface area (Å²) in [6.07, 6.45) is 2.09. The lowest BCUT2D eigenvalue weighted by atomic mass is 9.74. The number of fused-ring (bicyclic) bond motifs is 1. The van der Waals surface area contributed by atoms with Crippen molar-refractivity contribution >= 4 is 22.7 Å². The van der Waals surface area contributed by atoms with Crippen LogP contribution in [-0.2, 0) is 9.59 Å². The maximum Gasteiger partial charge on any atom is 0.230 e. The van der Waals surface area contributed by atoms with Crippen molar-refractivity contribution in [2.24, 2.45) is 11.8 Å². The molecule has 1 saturated heterocycles. The molecule has 1 aromatic heterocycles. The van der Waals surface area contributed by atoms with Gasteiger partial charge in [0.25, 0.3) is 0 Å². The molecule has 2 unspecified atom stereocenters. The van der Waals surface area contributed by atoms with E-state index in [1.54, 1.807) is 6.20 Å². The Morgan fingerprint density at radius 1 is 1.19 bits per heavy atom. The summed E-state index contributed by atoms with van der Waals surface area (Å²) in [6.45, 7) is 4.04. The predicted molar refractivity (Wildman–Crippen MR) is 80.6 cm³/mol. The normalized spacial score (nSPS) is 22.6. The van der Waals surface area contributed by atoms with E-state index in [-0.39, 0.29) is 29.6 Å². The molecule has 1 aliphatic rings. The lowest BCUT2D eigenvalue weighted by Crippen LogP contribution is -2.46. The summed E-state index contributed by atoms with van der Waals surface area (Å²) in [6, 6.07) is 9.85. The number of hydrogen-bond acceptors (Lipinski definition) is 3. The third-order valence-electron chi connectivity index (χ3n) is 4.19. The number of amides is 2. The second-order valence-corrected chi connectivity index (χ2v) is 5.92. The highest BCUT2D eigenvalue weighted by Gasteiger charge is 2.39. The van der Waals surface area contributed by atoms with Crippen LogP contribution in [0, 0.1) is 11.8 Å². The van der Waals surface area contributed by atoms with Crippen LogP contribution in [0.1, 0.15) is 31.7 Å². The van der Waals surface area contributed by atoms with Gasteiger partial charge in [-0.15, -0.1) is 0 Å². The van der Waals surface area contributed by atoms with Crippen LogP contribution in [0.5, 0.6) is 0 Å². The minimum absolute atomic E-state index is 0.107. The molecule has 21 heavy (non-hydrogen) atoms. The van der Waals surface area contributed by atoms with E-state index >= 15 is 0 Å². The van der Waals surface area contributed by atoms with Crippen LogP contribution in [0.25, 0.3) is 10.9 Å². The Morgan fingerprint density at radius 2 is 1.95 bits per heavy atom. The average Bonchev–Trinajstić information content (AvgIpc) is 2.45. The summed E-state index contributed by atoms with van der Waals surface area (Å²) < 4.78 is 0. The minimum Gasteiger partial charge on any atom is -0.296 e. The van der Waals surface area contributed by atoms with Gasteiger partial charge in [-0.2, -0.15) is 0 Å². The number of nitrogens with zero attached hydrogens (tertiary/aromatic N) is 1. The van der Waals surface area contributed by atoms with Gasteiger partial charge in [0.05, 0.1) is 5.52 Å². The highest BCUT2D eigenvalue weighted by atomic mass is 16.2. The number of para-hydroxylation sites is 1. The Balaban J connectivity index is 2.14. The zero-order valence-electron chi connectivity index (χ0n) is 12.2. The zero-order valence-corrected chi connectivity index (χ0v) is 12.2. The summed E-state index contributed by atoms with van der Waals surface area (Å²) in [7, 11) is 0. The molecule has 2 aromatic rings. The first-order chi connectivity index (χ1) is 10.1. The van der Waals surface area contributed by atoms with Gasteiger partial charge in [0.2, 0.25) is 11.8 Å². The minimum atomic E-state index is -0.199. The molecule has 2 heterocycles. The van der Waals surface area contributed by atoms with Crippen LogP contribution in [-0.4, -0.2) is 16.8 Å². The smallest absolute Gasteiger partial charge is 0.230 e. The molecule has 0 aliphatic carbocycles. The number of rotatable bonds is 2. The molecule has 0 radical (unpaired) electrons. The van der Waals surface area contributed by atoms with Gasteiger partial charge in [0.15, 0.2) is 0 Å². The molecule has 1 N–H and O–H groups in total. The first kappa shape index (κ1) is 13.7. The molecule has 4 nitrogen and oxygen atoms in total. The lowest BCUT2D eigenvalue weighted by molar-refractivity contribution is -0.138. The Morgan fingerprint density at radius 3 is 2.71 bits per heavy atom. The fraction of sp³-hybridized carbons (Fsp3) is 0.353. The largest absolute Gasteiger partial charge is 0.296 e. The van der Waals surface area contributed by atoms with Crippen molar-refractivity contribution in [1.82, 2.24) is 10.3 Å². The Labute approximate surface area is 123 Å². The molecule has 2 amide bonds. The summed E-state index contributed by atoms with van der Waals surface area (Å²) >= 11 is 0. The van der Waals surface area contributed by atoms with Crippen LogP contribution in [0.2, 0.25) is 0 Å². The third-order valence-corrected chi connectivity index (χ3v) is 4.19. The number of pyridine rings is 1. The molecular formula is C17H18N2O2. The lowest BCUT2D eigenvalue weighted by Gasteiger charge is -2.33. The van der Waals surface area contributed by atoms with Crippen molar-refractivity contribution in [1.29, 1.82) is 0 Å². The van der Waals surface area contributed by atoms with Crippen molar-refractivity contribution in [2.45, 2.75) is 26.2 Å². The quantitative estimate of drug-likeness (QED) is 0.861. The molecule has 0 saturated carbocycles. The Bertz CT molecular complexity index is 704. The highest BCUT2D eigenvalue weighted by molar-refractivity contribution is 6.00. The molecule has 0 spiro atoms. The Kier molecular flexibility index (Phi) is 3.45. The van der Waals surface area contributed by atoms with Gasteiger partial charge in [-0.05, 0) is 17.5 Å². The van der Waals surface area contributed by atoms with Gasteiger partial charge in [0, 0.05) is 29.8 Å². The fourth-order valence-corrected chi connectivity index (χ4v) is 3.28. The standard InChI is InChI=1S/C17H18N2O2/c1-10(2)15-13(9-14(20)19-17(15)21)12-7-3-5-11-6-4-8-18-16(11)12/h3-8,10,13,15H,9H2,1-2H3,(H,19,20,21). The number of imide groups is 1. The van der Waals surface area contributed by atoms with Gasteiger partial charge < -0.3 is 0 Å². The number of hydrogen-bond donors (Lipinski definition) is 1. The molecule has 1 aliphatic heterocycles. The van der Waals surface area contributed by atoms with Gasteiger partial charge >= 0.3 is 0 Å². The number of benzene rings is 1. The van der Waals surface area contributed by atoms with Crippen LogP contribution in [0.3, 0.4) is 0 Å². The molecule has 108 valence electrons. The SMILES string of the molecule is CC(C)C1C(=O)NC(=O)CC1c1cccc2cccnc12. The van der Waals surface area contributed by atoms with Gasteiger partial charge in [-0.25, -0.2) is 0 Å². The average molecular weight is 282 g/mol. The summed E-state index contributed by atoms with van der Waals surface area (Å²) in [5, 5.41) is 3.50. The van der Waals surface area contributed by atoms with Crippen LogP contribution in [0.4, 0.5) is 0 Å². The second-order valence-electron chi connectivity index (χ2n) is 5.92. The van der Waals surface area contributed by atoms with Crippen molar-refractivity contribution in [3.63, 3.8) is 0 Å². The van der Waals surface area contributed by atoms with E-state index in [4.69, 9.17) is 0 Å². The van der Waals surface area contributed by atoms with Crippen molar-refractivity contribution < 1.29 is 9.59 Å². The van der Waals surface area contributed by atoms with Crippen molar-refractivity contribution in [3.05, 3.63) is 42.1 Å². The first-order valence-electron chi connectivity index (χ1n) is 7.25. The predicted octanol–water partition coefficient (Wildman–Crippen LogP) is 2.64. The van der Waals surface area contributed by atoms with Gasteiger partial charge in [0.1, 0.15) is 0 Å². The molecular weight excluding hydrogens is 264 g/mol. The van der Waals surface area contributed by atoms with Crippen molar-refractivity contribution in [3.8, 4) is 0 Å². The van der Waals surface area contributed by atoms with E-state index in [0.29, 0.717) is 6.42 Å². The maximum absolute atomic E-state index is 12.2. The van der Waals surface area contributed by atoms with E-state index < -0.39 is 0 Å². The fourth-order valence-electron chi connectivity index (χ4n) is 3.28. The Hall–Kier alpha value is -2.23. The van der Waals surface area contributed by atoms with Crippen LogP contribution < -0.4 is 5.32 Å². The highest BCUT2D eigenvalue weighted by Crippen LogP contribution is 2.38. The zero-order chi connectivity index (χ0) is 15.0. The maximum atomic E-state index is 12.2. The van der Waals surface area contributed by atoms with Crippen molar-refractivity contribution in [2.75, 3.05) is 0 Å². The number of piperidine rings is 1. The summed E-state index contributed by atoms with van der Waals surface area (Å²) in [5.41, 5.74) is 1.88. The van der Waals surface area contributed by atoms with E-state index in [0.717, 1.165) is 16.5 Å². The second kappa shape index (κ2) is 5.28. The molecule has 0 bridgehead atoms. The van der Waals surface area contributed by atoms with E-state index in [2.05, 4.69) is 10.3 Å². The van der Waals surface area contributed by atoms with Gasteiger partial charge in [-0.3, -0.25) is 19.9 Å². The van der Waals surface area contributed by atoms with Crippen LogP contribution in [0.15, 0.2) is 36.5 Å². The number of aromatic nitrogens is 1. The number of carbonyl (C=O) groups excluding carboxylic acids is 2. The van der Waals surface area contributed by atoms with E-state index in [1.807, 2.05) is 44.2 Å². The first-order valence-corrected chi connectivity index (χ1v) is 7.25. The number of carbonyl (C=O) groups is 2. The van der Waals surface area contributed by atoms with Crippen LogP contribution >= 0.6 is 0 Å². The molecule has 1 aromatic carbocycles. The summed E-state index contributed by atoms with van der Waals surface area (Å²) in [5.74, 6) is -0.503.